The smallest absolute Gasteiger partial charge is 0.157 e. The van der Waals surface area contributed by atoms with E-state index in [1.54, 1.807) is 6.07 Å². The normalized spacial score (nSPS) is 12.3. The molecular formula is C15H17NO3. The van der Waals surface area contributed by atoms with Gasteiger partial charge in [-0.3, -0.25) is 0 Å². The van der Waals surface area contributed by atoms with Gasteiger partial charge in [-0.25, -0.2) is 0 Å². The van der Waals surface area contributed by atoms with E-state index in [4.69, 9.17) is 0 Å². The predicted octanol–water partition coefficient (Wildman–Crippen LogP) is 1.92. The summed E-state index contributed by atoms with van der Waals surface area (Å²) in [5, 5.41) is 31.7. The van der Waals surface area contributed by atoms with Crippen LogP contribution in [-0.4, -0.2) is 21.9 Å². The van der Waals surface area contributed by atoms with Crippen LogP contribution in [0.4, 0.5) is 0 Å². The first-order valence-electron chi connectivity index (χ1n) is 6.11. The Labute approximate surface area is 112 Å². The summed E-state index contributed by atoms with van der Waals surface area (Å²) in [6.07, 6.45) is -0.727. The lowest BCUT2D eigenvalue weighted by Gasteiger charge is -2.13. The molecule has 100 valence electrons. The van der Waals surface area contributed by atoms with E-state index in [1.807, 2.05) is 30.3 Å². The number of phenolic OH excluding ortho intramolecular Hbond substituents is 2. The highest BCUT2D eigenvalue weighted by Crippen LogP contribution is 2.27. The molecule has 0 amide bonds. The summed E-state index contributed by atoms with van der Waals surface area (Å²) in [5.41, 5.74) is 1.71. The molecule has 19 heavy (non-hydrogen) atoms. The van der Waals surface area contributed by atoms with Gasteiger partial charge in [0.2, 0.25) is 0 Å². The molecule has 0 aromatic heterocycles. The fraction of sp³-hybridized carbons (Fsp3) is 0.200. The van der Waals surface area contributed by atoms with Crippen LogP contribution >= 0.6 is 0 Å². The Balaban J connectivity index is 1.87. The Morgan fingerprint density at radius 2 is 1.68 bits per heavy atom. The van der Waals surface area contributed by atoms with Crippen LogP contribution in [0, 0.1) is 0 Å². The fourth-order valence-corrected chi connectivity index (χ4v) is 1.81. The lowest BCUT2D eigenvalue weighted by molar-refractivity contribution is 0.174. The molecule has 2 rings (SSSR count). The zero-order valence-corrected chi connectivity index (χ0v) is 10.5. The maximum atomic E-state index is 9.96. The van der Waals surface area contributed by atoms with Gasteiger partial charge < -0.3 is 20.6 Å². The first-order chi connectivity index (χ1) is 9.16. The summed E-state index contributed by atoms with van der Waals surface area (Å²) in [4.78, 5) is 0. The van der Waals surface area contributed by atoms with Gasteiger partial charge in [-0.1, -0.05) is 36.4 Å². The molecule has 0 aliphatic carbocycles. The second-order valence-electron chi connectivity index (χ2n) is 4.38. The van der Waals surface area contributed by atoms with Crippen LogP contribution in [0.1, 0.15) is 17.2 Å². The van der Waals surface area contributed by atoms with Crippen molar-refractivity contribution in [2.75, 3.05) is 6.54 Å². The molecule has 0 aliphatic rings. The van der Waals surface area contributed by atoms with Crippen molar-refractivity contribution in [1.82, 2.24) is 5.32 Å². The van der Waals surface area contributed by atoms with E-state index in [2.05, 4.69) is 5.32 Å². The molecular weight excluding hydrogens is 242 g/mol. The summed E-state index contributed by atoms with van der Waals surface area (Å²) < 4.78 is 0. The van der Waals surface area contributed by atoms with Crippen LogP contribution in [0.3, 0.4) is 0 Å². The molecule has 0 unspecified atom stereocenters. The van der Waals surface area contributed by atoms with Crippen molar-refractivity contribution in [2.24, 2.45) is 0 Å². The highest BCUT2D eigenvalue weighted by atomic mass is 16.3. The summed E-state index contributed by atoms with van der Waals surface area (Å²) in [7, 11) is 0. The van der Waals surface area contributed by atoms with Crippen molar-refractivity contribution >= 4 is 0 Å². The predicted molar refractivity (Wildman–Crippen MR) is 72.9 cm³/mol. The number of phenols is 2. The van der Waals surface area contributed by atoms with E-state index in [0.717, 1.165) is 5.56 Å². The minimum absolute atomic E-state index is 0.187. The van der Waals surface area contributed by atoms with Crippen molar-refractivity contribution in [2.45, 2.75) is 12.6 Å². The van der Waals surface area contributed by atoms with E-state index in [9.17, 15) is 15.3 Å². The van der Waals surface area contributed by atoms with Crippen LogP contribution in [0.15, 0.2) is 48.5 Å². The number of aromatic hydroxyl groups is 2. The van der Waals surface area contributed by atoms with Crippen molar-refractivity contribution in [3.05, 3.63) is 59.7 Å². The van der Waals surface area contributed by atoms with Crippen molar-refractivity contribution in [3.8, 4) is 11.5 Å². The molecule has 0 fully saturated rings. The van der Waals surface area contributed by atoms with Gasteiger partial charge in [-0.2, -0.15) is 0 Å². The molecule has 0 heterocycles. The standard InChI is InChI=1S/C15H17NO3/c17-13-7-6-12(8-14(13)18)15(19)10-16-9-11-4-2-1-3-5-11/h1-8,15-19H,9-10H2/t15-/m1/s1. The van der Waals surface area contributed by atoms with Crippen LogP contribution < -0.4 is 5.32 Å². The minimum atomic E-state index is -0.727. The van der Waals surface area contributed by atoms with E-state index in [1.165, 1.54) is 12.1 Å². The Morgan fingerprint density at radius 1 is 0.947 bits per heavy atom. The molecule has 1 atom stereocenters. The van der Waals surface area contributed by atoms with Gasteiger partial charge in [0, 0.05) is 13.1 Å². The molecule has 4 nitrogen and oxygen atoms in total. The third-order valence-electron chi connectivity index (χ3n) is 2.89. The van der Waals surface area contributed by atoms with Gasteiger partial charge >= 0.3 is 0 Å². The number of rotatable bonds is 5. The topological polar surface area (TPSA) is 72.7 Å². The third kappa shape index (κ3) is 3.71. The van der Waals surface area contributed by atoms with Gasteiger partial charge in [0.15, 0.2) is 11.5 Å². The number of benzene rings is 2. The third-order valence-corrected chi connectivity index (χ3v) is 2.89. The van der Waals surface area contributed by atoms with Gasteiger partial charge in [0.05, 0.1) is 6.10 Å². The zero-order chi connectivity index (χ0) is 13.7. The zero-order valence-electron chi connectivity index (χ0n) is 10.5. The van der Waals surface area contributed by atoms with E-state index < -0.39 is 6.10 Å². The Hall–Kier alpha value is -2.04. The molecule has 2 aromatic rings. The summed E-state index contributed by atoms with van der Waals surface area (Å²) in [5.74, 6) is -0.409. The van der Waals surface area contributed by atoms with E-state index in [0.29, 0.717) is 18.7 Å². The molecule has 0 saturated carbocycles. The Kier molecular flexibility index (Phi) is 4.39. The highest BCUT2D eigenvalue weighted by molar-refractivity contribution is 5.41. The van der Waals surface area contributed by atoms with Gasteiger partial charge in [-0.05, 0) is 23.3 Å². The monoisotopic (exact) mass is 259 g/mol. The summed E-state index contributed by atoms with van der Waals surface area (Å²) >= 11 is 0. The first-order valence-corrected chi connectivity index (χ1v) is 6.11. The summed E-state index contributed by atoms with van der Waals surface area (Å²) in [6, 6.07) is 14.2. The van der Waals surface area contributed by atoms with Crippen LogP contribution in [-0.2, 0) is 6.54 Å². The molecule has 2 aromatic carbocycles. The lowest BCUT2D eigenvalue weighted by Crippen LogP contribution is -2.20. The second-order valence-corrected chi connectivity index (χ2v) is 4.38. The fourth-order valence-electron chi connectivity index (χ4n) is 1.81. The first kappa shape index (κ1) is 13.4. The maximum absolute atomic E-state index is 9.96. The number of nitrogens with one attached hydrogen (secondary N) is 1. The molecule has 0 aliphatic heterocycles. The van der Waals surface area contributed by atoms with Crippen molar-refractivity contribution in [1.29, 1.82) is 0 Å². The SMILES string of the molecule is Oc1ccc([C@H](O)CNCc2ccccc2)cc1O. The van der Waals surface area contributed by atoms with E-state index in [-0.39, 0.29) is 11.5 Å². The number of aliphatic hydroxyl groups is 1. The second kappa shape index (κ2) is 6.22. The molecule has 4 heteroatoms. The number of aliphatic hydroxyl groups excluding tert-OH is 1. The van der Waals surface area contributed by atoms with Gasteiger partial charge in [0.1, 0.15) is 0 Å². The Bertz CT molecular complexity index is 528. The quantitative estimate of drug-likeness (QED) is 0.619. The van der Waals surface area contributed by atoms with Crippen molar-refractivity contribution < 1.29 is 15.3 Å². The highest BCUT2D eigenvalue weighted by Gasteiger charge is 2.09. The lowest BCUT2D eigenvalue weighted by atomic mass is 10.1. The number of hydrogen-bond acceptors (Lipinski definition) is 4. The number of hydrogen-bond donors (Lipinski definition) is 4. The maximum Gasteiger partial charge on any atom is 0.157 e. The molecule has 0 radical (unpaired) electrons. The Morgan fingerprint density at radius 3 is 2.37 bits per heavy atom. The molecule has 0 saturated heterocycles. The van der Waals surface area contributed by atoms with Crippen LogP contribution in [0.2, 0.25) is 0 Å². The average Bonchev–Trinajstić information content (AvgIpc) is 2.43. The van der Waals surface area contributed by atoms with Crippen molar-refractivity contribution in [3.63, 3.8) is 0 Å². The van der Waals surface area contributed by atoms with Crippen LogP contribution in [0.25, 0.3) is 0 Å². The average molecular weight is 259 g/mol. The molecule has 0 spiro atoms. The molecule has 4 N–H and O–H groups in total. The van der Waals surface area contributed by atoms with Gasteiger partial charge in [-0.15, -0.1) is 0 Å². The largest absolute Gasteiger partial charge is 0.504 e. The van der Waals surface area contributed by atoms with Gasteiger partial charge in [0.25, 0.3) is 0 Å². The minimum Gasteiger partial charge on any atom is -0.504 e. The van der Waals surface area contributed by atoms with Crippen LogP contribution in [0.5, 0.6) is 11.5 Å². The summed E-state index contributed by atoms with van der Waals surface area (Å²) in [6.45, 7) is 1.04. The molecule has 0 bridgehead atoms. The van der Waals surface area contributed by atoms with E-state index >= 15 is 0 Å².